The third kappa shape index (κ3) is 4.52. The third-order valence-electron chi connectivity index (χ3n) is 6.57. The molecule has 1 N–H and O–H groups in total. The largest absolute Gasteiger partial charge is 0.507 e. The predicted molar refractivity (Wildman–Crippen MR) is 152 cm³/mol. The number of thiazole rings is 1. The van der Waals surface area contributed by atoms with Gasteiger partial charge in [-0.1, -0.05) is 42.5 Å². The summed E-state index contributed by atoms with van der Waals surface area (Å²) in [5.41, 5.74) is 3.74. The number of hydrogen-bond acceptors (Lipinski definition) is 7. The number of aliphatic hydroxyl groups is 1. The van der Waals surface area contributed by atoms with Crippen LogP contribution in [0.15, 0.2) is 72.3 Å². The summed E-state index contributed by atoms with van der Waals surface area (Å²) in [4.78, 5) is 35.0. The van der Waals surface area contributed by atoms with E-state index in [1.165, 1.54) is 16.2 Å². The Bertz CT molecular complexity index is 1520. The minimum Gasteiger partial charge on any atom is -0.507 e. The van der Waals surface area contributed by atoms with Gasteiger partial charge in [-0.25, -0.2) is 4.98 Å². The Morgan fingerprint density at radius 2 is 1.82 bits per heavy atom. The molecule has 38 heavy (non-hydrogen) atoms. The highest BCUT2D eigenvalue weighted by molar-refractivity contribution is 7.22. The number of Topliss-reactive ketones (excluding diaryl/α,β-unsaturated/α-hetero) is 1. The number of para-hydroxylation sites is 1. The van der Waals surface area contributed by atoms with E-state index in [1.54, 1.807) is 18.2 Å². The molecule has 5 rings (SSSR count). The zero-order valence-corrected chi connectivity index (χ0v) is 22.6. The maximum absolute atomic E-state index is 13.5. The highest BCUT2D eigenvalue weighted by Gasteiger charge is 2.48. The number of hydrogen-bond donors (Lipinski definition) is 1. The standard InChI is InChI=1S/C30H29N3O4S/c1-5-16-37-23-15-12-20(17-18(23)2)27(34)25-26(19-10-13-21(14-11-19)32(3)4)33(29(36)28(25)35)30-31-22-8-6-7-9-24(22)38-30/h6-15,17,26,34H,5,16H2,1-4H3/b27-25+. The van der Waals surface area contributed by atoms with Gasteiger partial charge in [-0.15, -0.1) is 0 Å². The highest BCUT2D eigenvalue weighted by Crippen LogP contribution is 2.44. The van der Waals surface area contributed by atoms with Crippen LogP contribution < -0.4 is 14.5 Å². The van der Waals surface area contributed by atoms with Crippen molar-refractivity contribution in [3.05, 3.63) is 89.0 Å². The van der Waals surface area contributed by atoms with Crippen LogP contribution in [0.4, 0.5) is 10.8 Å². The molecule has 1 aliphatic rings. The van der Waals surface area contributed by atoms with Crippen LogP contribution in [0, 0.1) is 6.92 Å². The molecule has 1 aliphatic heterocycles. The summed E-state index contributed by atoms with van der Waals surface area (Å²) in [6.07, 6.45) is 0.878. The lowest BCUT2D eigenvalue weighted by atomic mass is 9.94. The zero-order valence-electron chi connectivity index (χ0n) is 21.8. The summed E-state index contributed by atoms with van der Waals surface area (Å²) in [7, 11) is 3.89. The van der Waals surface area contributed by atoms with E-state index < -0.39 is 17.7 Å². The van der Waals surface area contributed by atoms with Crippen LogP contribution in [0.25, 0.3) is 16.0 Å². The summed E-state index contributed by atoms with van der Waals surface area (Å²) in [5, 5.41) is 11.9. The number of ether oxygens (including phenoxy) is 1. The average molecular weight is 528 g/mol. The van der Waals surface area contributed by atoms with E-state index in [1.807, 2.05) is 81.4 Å². The number of aliphatic hydroxyl groups excluding tert-OH is 1. The molecule has 8 heteroatoms. The van der Waals surface area contributed by atoms with Crippen molar-refractivity contribution < 1.29 is 19.4 Å². The van der Waals surface area contributed by atoms with Crippen molar-refractivity contribution >= 4 is 49.8 Å². The molecular weight excluding hydrogens is 498 g/mol. The second kappa shape index (κ2) is 10.3. The second-order valence-corrected chi connectivity index (χ2v) is 10.5. The van der Waals surface area contributed by atoms with E-state index in [0.29, 0.717) is 28.6 Å². The Morgan fingerprint density at radius 1 is 1.08 bits per heavy atom. The van der Waals surface area contributed by atoms with Gasteiger partial charge >= 0.3 is 5.91 Å². The fourth-order valence-corrected chi connectivity index (χ4v) is 5.58. The van der Waals surface area contributed by atoms with Crippen molar-refractivity contribution in [2.45, 2.75) is 26.3 Å². The first-order valence-electron chi connectivity index (χ1n) is 12.5. The molecule has 194 valence electrons. The molecule has 0 radical (unpaired) electrons. The Balaban J connectivity index is 1.66. The van der Waals surface area contributed by atoms with Crippen LogP contribution >= 0.6 is 11.3 Å². The lowest BCUT2D eigenvalue weighted by Crippen LogP contribution is -2.29. The summed E-state index contributed by atoms with van der Waals surface area (Å²) < 4.78 is 6.68. The van der Waals surface area contributed by atoms with Gasteiger partial charge in [0.05, 0.1) is 28.4 Å². The Morgan fingerprint density at radius 3 is 2.47 bits per heavy atom. The fraction of sp³-hybridized carbons (Fsp3) is 0.233. The molecular formula is C30H29N3O4S. The van der Waals surface area contributed by atoms with Crippen LogP contribution in [-0.4, -0.2) is 42.5 Å². The Hall–Kier alpha value is -4.17. The number of nitrogens with zero attached hydrogens (tertiary/aromatic N) is 3. The summed E-state index contributed by atoms with van der Waals surface area (Å²) in [6, 6.07) is 19.7. The lowest BCUT2D eigenvalue weighted by molar-refractivity contribution is -0.132. The van der Waals surface area contributed by atoms with Crippen molar-refractivity contribution in [1.29, 1.82) is 0 Å². The first kappa shape index (κ1) is 25.5. The quantitative estimate of drug-likeness (QED) is 0.178. The number of ketones is 1. The monoisotopic (exact) mass is 527 g/mol. The minimum absolute atomic E-state index is 0.0356. The predicted octanol–water partition coefficient (Wildman–Crippen LogP) is 6.09. The normalized spacial score (nSPS) is 16.8. The minimum atomic E-state index is -0.830. The molecule has 1 saturated heterocycles. The molecule has 1 fully saturated rings. The zero-order chi connectivity index (χ0) is 27.0. The molecule has 4 aromatic rings. The van der Waals surface area contributed by atoms with Crippen LogP contribution in [0.2, 0.25) is 0 Å². The van der Waals surface area contributed by atoms with Gasteiger partial charge in [0.2, 0.25) is 0 Å². The molecule has 3 aromatic carbocycles. The number of anilines is 2. The average Bonchev–Trinajstić information content (AvgIpc) is 3.46. The number of fused-ring (bicyclic) bond motifs is 1. The smallest absolute Gasteiger partial charge is 0.301 e. The van der Waals surface area contributed by atoms with E-state index in [0.717, 1.165) is 27.9 Å². The topological polar surface area (TPSA) is 83.0 Å². The highest BCUT2D eigenvalue weighted by atomic mass is 32.1. The summed E-state index contributed by atoms with van der Waals surface area (Å²) in [6.45, 7) is 4.51. The fourth-order valence-electron chi connectivity index (χ4n) is 4.59. The number of rotatable bonds is 7. The van der Waals surface area contributed by atoms with Gasteiger partial charge in [-0.2, -0.15) is 0 Å². The maximum atomic E-state index is 13.5. The SMILES string of the molecule is CCCOc1ccc(/C(O)=C2\C(=O)C(=O)N(c3nc4ccccc4s3)C2c2ccc(N(C)C)cc2)cc1C. The van der Waals surface area contributed by atoms with E-state index in [9.17, 15) is 14.7 Å². The van der Waals surface area contributed by atoms with Gasteiger partial charge in [0, 0.05) is 25.3 Å². The molecule has 1 atom stereocenters. The van der Waals surface area contributed by atoms with Gasteiger partial charge in [0.25, 0.3) is 5.78 Å². The van der Waals surface area contributed by atoms with E-state index >= 15 is 0 Å². The van der Waals surface area contributed by atoms with Gasteiger partial charge in [-0.05, 0) is 66.9 Å². The molecule has 1 amide bonds. The molecule has 0 aliphatic carbocycles. The summed E-state index contributed by atoms with van der Waals surface area (Å²) in [5.74, 6) is -0.966. The van der Waals surface area contributed by atoms with Gasteiger partial charge in [0.1, 0.15) is 11.5 Å². The first-order valence-corrected chi connectivity index (χ1v) is 13.3. The third-order valence-corrected chi connectivity index (χ3v) is 7.60. The molecule has 2 heterocycles. The maximum Gasteiger partial charge on any atom is 0.301 e. The van der Waals surface area contributed by atoms with Crippen molar-refractivity contribution in [3.8, 4) is 5.75 Å². The van der Waals surface area contributed by atoms with Crippen LogP contribution in [0.3, 0.4) is 0 Å². The molecule has 0 saturated carbocycles. The number of aromatic nitrogens is 1. The molecule has 1 unspecified atom stereocenters. The number of carbonyl (C=O) groups is 2. The van der Waals surface area contributed by atoms with E-state index in [4.69, 9.17) is 4.74 Å². The van der Waals surface area contributed by atoms with E-state index in [2.05, 4.69) is 4.98 Å². The van der Waals surface area contributed by atoms with Gasteiger partial charge in [0.15, 0.2) is 5.13 Å². The number of amides is 1. The van der Waals surface area contributed by atoms with Gasteiger partial charge in [-0.3, -0.25) is 14.5 Å². The van der Waals surface area contributed by atoms with Crippen molar-refractivity contribution in [2.24, 2.45) is 0 Å². The first-order chi connectivity index (χ1) is 18.3. The van der Waals surface area contributed by atoms with E-state index in [-0.39, 0.29) is 11.3 Å². The van der Waals surface area contributed by atoms with Crippen molar-refractivity contribution in [1.82, 2.24) is 4.98 Å². The Kier molecular flexibility index (Phi) is 6.91. The van der Waals surface area contributed by atoms with Crippen molar-refractivity contribution in [2.75, 3.05) is 30.5 Å². The van der Waals surface area contributed by atoms with Crippen LogP contribution in [-0.2, 0) is 9.59 Å². The molecule has 7 nitrogen and oxygen atoms in total. The number of benzene rings is 3. The summed E-state index contributed by atoms with van der Waals surface area (Å²) >= 11 is 1.34. The second-order valence-electron chi connectivity index (χ2n) is 9.45. The molecule has 0 spiro atoms. The number of carbonyl (C=O) groups excluding carboxylic acids is 2. The van der Waals surface area contributed by atoms with Crippen molar-refractivity contribution in [3.63, 3.8) is 0 Å². The molecule has 1 aromatic heterocycles. The number of aryl methyl sites for hydroxylation is 1. The van der Waals surface area contributed by atoms with Crippen LogP contribution in [0.5, 0.6) is 5.75 Å². The van der Waals surface area contributed by atoms with Crippen LogP contribution in [0.1, 0.15) is 36.1 Å². The molecule has 0 bridgehead atoms. The van der Waals surface area contributed by atoms with Gasteiger partial charge < -0.3 is 14.7 Å². The lowest BCUT2D eigenvalue weighted by Gasteiger charge is -2.23. The Labute approximate surface area is 225 Å².